The quantitative estimate of drug-likeness (QED) is 0.307. The smallest absolute Gasteiger partial charge is 0.451 e. The van der Waals surface area contributed by atoms with E-state index in [1.165, 1.54) is 35.3 Å². The Morgan fingerprint density at radius 2 is 1.86 bits per heavy atom. The van der Waals surface area contributed by atoms with Gasteiger partial charge in [0, 0.05) is 35.6 Å². The number of halogens is 4. The standard InChI is InChI=1S/C29H33F4N5O5S/c1-6-20-13-34-25(44-20)22-10-18(42-15-19-14-38(7-8-41-19)27(40)43-28(3,4)5)9-21(23(22)30)24(39)37-16(2)17-11-35-26(36-12-17)29(31,32)33/h9-13,16,19H,6-8,14-15H2,1-5H3,(H,37,39)/t16-,19-/m1/s1. The monoisotopic (exact) mass is 639 g/mol. The molecule has 0 bridgehead atoms. The van der Waals surface area contributed by atoms with Crippen molar-refractivity contribution in [1.82, 2.24) is 25.2 Å². The second kappa shape index (κ2) is 13.4. The predicted molar refractivity (Wildman–Crippen MR) is 153 cm³/mol. The van der Waals surface area contributed by atoms with Crippen molar-refractivity contribution in [1.29, 1.82) is 0 Å². The Balaban J connectivity index is 1.54. The maximum atomic E-state index is 15.8. The molecule has 0 spiro atoms. The van der Waals surface area contributed by atoms with Gasteiger partial charge < -0.3 is 24.4 Å². The zero-order chi connectivity index (χ0) is 32.2. The van der Waals surface area contributed by atoms with Crippen molar-refractivity contribution in [3.05, 3.63) is 58.4 Å². The molecule has 4 rings (SSSR count). The number of alkyl halides is 3. The molecule has 1 fully saturated rings. The minimum Gasteiger partial charge on any atom is -0.491 e. The normalized spacial score (nSPS) is 16.4. The van der Waals surface area contributed by atoms with Crippen molar-refractivity contribution >= 4 is 23.3 Å². The molecule has 15 heteroatoms. The highest BCUT2D eigenvalue weighted by atomic mass is 32.1. The molecule has 0 aliphatic carbocycles. The van der Waals surface area contributed by atoms with Crippen LogP contribution in [-0.2, 0) is 22.1 Å². The molecule has 238 valence electrons. The molecule has 1 saturated heterocycles. The fourth-order valence-electron chi connectivity index (χ4n) is 4.17. The Morgan fingerprint density at radius 1 is 1.16 bits per heavy atom. The first kappa shape index (κ1) is 33.1. The average molecular weight is 640 g/mol. The summed E-state index contributed by atoms with van der Waals surface area (Å²) in [6, 6.07) is 1.82. The SMILES string of the molecule is CCc1cnc(-c2cc(OC[C@H]3CN(C(=O)OC(C)(C)C)CCO3)cc(C(=O)N[C@H](C)c3cnc(C(F)(F)F)nc3)c2F)s1. The van der Waals surface area contributed by atoms with E-state index >= 15 is 4.39 Å². The number of rotatable bonds is 8. The lowest BCUT2D eigenvalue weighted by molar-refractivity contribution is -0.145. The molecular formula is C29H33F4N5O5S. The molecule has 2 amide bonds. The van der Waals surface area contributed by atoms with Crippen LogP contribution in [0.25, 0.3) is 10.6 Å². The van der Waals surface area contributed by atoms with Crippen molar-refractivity contribution in [2.75, 3.05) is 26.3 Å². The minimum atomic E-state index is -4.71. The molecule has 0 radical (unpaired) electrons. The second-order valence-electron chi connectivity index (χ2n) is 11.1. The topological polar surface area (TPSA) is 116 Å². The van der Waals surface area contributed by atoms with Crippen LogP contribution in [0.2, 0.25) is 0 Å². The second-order valence-corrected chi connectivity index (χ2v) is 12.2. The van der Waals surface area contributed by atoms with Crippen LogP contribution < -0.4 is 10.1 Å². The largest absolute Gasteiger partial charge is 0.491 e. The number of ether oxygens (including phenoxy) is 3. The number of carbonyl (C=O) groups is 2. The number of hydrogen-bond acceptors (Lipinski definition) is 9. The lowest BCUT2D eigenvalue weighted by Gasteiger charge is -2.34. The van der Waals surface area contributed by atoms with Gasteiger partial charge in [0.05, 0.1) is 30.3 Å². The summed E-state index contributed by atoms with van der Waals surface area (Å²) in [5, 5.41) is 2.92. The number of hydrogen-bond donors (Lipinski definition) is 1. The Labute approximate surface area is 255 Å². The van der Waals surface area contributed by atoms with Crippen molar-refractivity contribution in [2.45, 2.75) is 65.0 Å². The molecule has 1 aliphatic heterocycles. The van der Waals surface area contributed by atoms with Gasteiger partial charge >= 0.3 is 12.3 Å². The maximum absolute atomic E-state index is 15.8. The van der Waals surface area contributed by atoms with E-state index in [1.54, 1.807) is 27.0 Å². The van der Waals surface area contributed by atoms with Gasteiger partial charge in [-0.3, -0.25) is 4.79 Å². The lowest BCUT2D eigenvalue weighted by Crippen LogP contribution is -2.49. The summed E-state index contributed by atoms with van der Waals surface area (Å²) in [5.41, 5.74) is -0.781. The molecule has 1 aliphatic rings. The van der Waals surface area contributed by atoms with Gasteiger partial charge in [-0.15, -0.1) is 11.3 Å². The number of carbonyl (C=O) groups excluding carboxylic acids is 2. The Kier molecular flexibility index (Phi) is 10.1. The van der Waals surface area contributed by atoms with E-state index < -0.39 is 47.6 Å². The first-order chi connectivity index (χ1) is 20.6. The first-order valence-corrected chi connectivity index (χ1v) is 14.7. The van der Waals surface area contributed by atoms with Crippen LogP contribution in [0.5, 0.6) is 5.75 Å². The number of benzene rings is 1. The zero-order valence-corrected chi connectivity index (χ0v) is 25.6. The number of amides is 2. The van der Waals surface area contributed by atoms with E-state index in [0.29, 0.717) is 18.0 Å². The summed E-state index contributed by atoms with van der Waals surface area (Å²) in [4.78, 5) is 39.2. The van der Waals surface area contributed by atoms with Gasteiger partial charge in [-0.2, -0.15) is 13.2 Å². The van der Waals surface area contributed by atoms with Crippen LogP contribution in [0.4, 0.5) is 22.4 Å². The van der Waals surface area contributed by atoms with E-state index in [2.05, 4.69) is 20.3 Å². The molecule has 0 unspecified atom stereocenters. The third-order valence-corrected chi connectivity index (χ3v) is 7.60. The molecule has 3 heterocycles. The first-order valence-electron chi connectivity index (χ1n) is 13.9. The van der Waals surface area contributed by atoms with Gasteiger partial charge in [0.15, 0.2) is 0 Å². The van der Waals surface area contributed by atoms with E-state index in [1.807, 2.05) is 6.92 Å². The van der Waals surface area contributed by atoms with Crippen LogP contribution in [0.15, 0.2) is 30.7 Å². The fourth-order valence-corrected chi connectivity index (χ4v) is 5.03. The molecule has 3 aromatic rings. The van der Waals surface area contributed by atoms with Crippen LogP contribution in [-0.4, -0.2) is 69.9 Å². The summed E-state index contributed by atoms with van der Waals surface area (Å²) in [5.74, 6) is -2.83. The third-order valence-electron chi connectivity index (χ3n) is 6.42. The highest BCUT2D eigenvalue weighted by Crippen LogP contribution is 2.34. The fraction of sp³-hybridized carbons (Fsp3) is 0.483. The van der Waals surface area contributed by atoms with E-state index in [-0.39, 0.29) is 42.2 Å². The number of nitrogens with zero attached hydrogens (tertiary/aromatic N) is 4. The van der Waals surface area contributed by atoms with Crippen LogP contribution in [0.3, 0.4) is 0 Å². The predicted octanol–water partition coefficient (Wildman–Crippen LogP) is 5.83. The van der Waals surface area contributed by atoms with Gasteiger partial charge in [0.1, 0.15) is 34.9 Å². The third kappa shape index (κ3) is 8.40. The van der Waals surface area contributed by atoms with Crippen LogP contribution in [0.1, 0.15) is 67.3 Å². The summed E-state index contributed by atoms with van der Waals surface area (Å²) in [6.07, 6.45) is -1.49. The molecular weight excluding hydrogens is 606 g/mol. The van der Waals surface area contributed by atoms with Gasteiger partial charge in [-0.25, -0.2) is 24.1 Å². The van der Waals surface area contributed by atoms with Crippen LogP contribution in [0, 0.1) is 5.82 Å². The molecule has 10 nitrogen and oxygen atoms in total. The van der Waals surface area contributed by atoms with Crippen molar-refractivity contribution < 1.29 is 41.4 Å². The number of aromatic nitrogens is 3. The maximum Gasteiger partial charge on any atom is 0.451 e. The van der Waals surface area contributed by atoms with Crippen molar-refractivity contribution in [3.8, 4) is 16.3 Å². The molecule has 2 aromatic heterocycles. The Hall–Kier alpha value is -3.85. The van der Waals surface area contributed by atoms with Crippen molar-refractivity contribution in [2.24, 2.45) is 0 Å². The number of aryl methyl sites for hydroxylation is 1. The van der Waals surface area contributed by atoms with Gasteiger partial charge in [0.25, 0.3) is 5.91 Å². The van der Waals surface area contributed by atoms with E-state index in [0.717, 1.165) is 17.3 Å². The van der Waals surface area contributed by atoms with Crippen LogP contribution >= 0.6 is 11.3 Å². The summed E-state index contributed by atoms with van der Waals surface area (Å²) in [6.45, 7) is 9.57. The summed E-state index contributed by atoms with van der Waals surface area (Å²) >= 11 is 1.27. The van der Waals surface area contributed by atoms with E-state index in [4.69, 9.17) is 14.2 Å². The molecule has 44 heavy (non-hydrogen) atoms. The highest BCUT2D eigenvalue weighted by molar-refractivity contribution is 7.15. The molecule has 1 aromatic carbocycles. The minimum absolute atomic E-state index is 0.0111. The molecule has 0 saturated carbocycles. The summed E-state index contributed by atoms with van der Waals surface area (Å²) < 4.78 is 71.5. The lowest BCUT2D eigenvalue weighted by atomic mass is 10.1. The molecule has 2 atom stereocenters. The average Bonchev–Trinajstić information content (AvgIpc) is 3.44. The van der Waals surface area contributed by atoms with E-state index in [9.17, 15) is 22.8 Å². The summed E-state index contributed by atoms with van der Waals surface area (Å²) in [7, 11) is 0. The number of morpholine rings is 1. The van der Waals surface area contributed by atoms with Gasteiger partial charge in [-0.1, -0.05) is 6.92 Å². The zero-order valence-electron chi connectivity index (χ0n) is 24.8. The van der Waals surface area contributed by atoms with Crippen molar-refractivity contribution in [3.63, 3.8) is 0 Å². The Bertz CT molecular complexity index is 1480. The van der Waals surface area contributed by atoms with Gasteiger partial charge in [-0.05, 0) is 46.2 Å². The van der Waals surface area contributed by atoms with Gasteiger partial charge in [0.2, 0.25) is 5.82 Å². The number of thiazole rings is 1. The number of nitrogens with one attached hydrogen (secondary N) is 1. The highest BCUT2D eigenvalue weighted by Gasteiger charge is 2.34. The molecule has 1 N–H and O–H groups in total. The Morgan fingerprint density at radius 3 is 2.48 bits per heavy atom.